The first-order valence-electron chi connectivity index (χ1n) is 12.9. The molecule has 0 radical (unpaired) electrons. The average molecular weight is 496 g/mol. The smallest absolute Gasteiger partial charge is 0.317 e. The van der Waals surface area contributed by atoms with Crippen LogP contribution in [0.15, 0.2) is 42.9 Å². The van der Waals surface area contributed by atoms with E-state index in [1.54, 1.807) is 17.1 Å². The van der Waals surface area contributed by atoms with E-state index in [1.165, 1.54) is 0 Å². The van der Waals surface area contributed by atoms with Crippen LogP contribution in [0.2, 0.25) is 0 Å². The number of aryl methyl sites for hydroxylation is 2. The summed E-state index contributed by atoms with van der Waals surface area (Å²) >= 11 is 0. The minimum absolute atomic E-state index is 0. The number of nitrogens with zero attached hydrogens (tertiary/aromatic N) is 5. The summed E-state index contributed by atoms with van der Waals surface area (Å²) in [5.41, 5.74) is 5.20. The molecule has 0 spiro atoms. The number of likely N-dealkylation sites (tertiary alicyclic amines) is 1. The SMILES string of the molecule is CC.Cc1cc(-c2ccnc(Nc3cnn(C)c3)n2)ccc1CNC(=O)N1CCC(C(C)(C)C)CC1.[HH].[HH]. The molecule has 0 atom stereocenters. The van der Waals surface area contributed by atoms with E-state index in [-0.39, 0.29) is 8.88 Å². The first-order chi connectivity index (χ1) is 17.2. The molecule has 0 aliphatic carbocycles. The van der Waals surface area contributed by atoms with Gasteiger partial charge in [0.1, 0.15) is 0 Å². The van der Waals surface area contributed by atoms with Gasteiger partial charge in [-0.2, -0.15) is 5.10 Å². The van der Waals surface area contributed by atoms with Crippen LogP contribution in [0.1, 0.15) is 61.4 Å². The maximum absolute atomic E-state index is 12.7. The molecule has 198 valence electrons. The minimum Gasteiger partial charge on any atom is -0.334 e. The third kappa shape index (κ3) is 7.06. The number of urea groups is 1. The second-order valence-corrected chi connectivity index (χ2v) is 10.2. The number of hydrogen-bond donors (Lipinski definition) is 2. The van der Waals surface area contributed by atoms with E-state index >= 15 is 0 Å². The minimum atomic E-state index is 0. The Morgan fingerprint density at radius 1 is 1.17 bits per heavy atom. The van der Waals surface area contributed by atoms with Gasteiger partial charge in [-0.15, -0.1) is 0 Å². The van der Waals surface area contributed by atoms with Gasteiger partial charge < -0.3 is 15.5 Å². The summed E-state index contributed by atoms with van der Waals surface area (Å²) in [5, 5.41) is 10.4. The molecule has 2 amide bonds. The molecule has 1 aliphatic rings. The van der Waals surface area contributed by atoms with Gasteiger partial charge in [0.05, 0.1) is 17.6 Å². The lowest BCUT2D eigenvalue weighted by molar-refractivity contribution is 0.122. The molecule has 4 rings (SSSR count). The van der Waals surface area contributed by atoms with Crippen molar-refractivity contribution >= 4 is 17.7 Å². The molecule has 0 saturated carbocycles. The monoisotopic (exact) mass is 495 g/mol. The lowest BCUT2D eigenvalue weighted by Gasteiger charge is -2.38. The second kappa shape index (κ2) is 12.0. The van der Waals surface area contributed by atoms with Crippen molar-refractivity contribution in [1.82, 2.24) is 30.0 Å². The van der Waals surface area contributed by atoms with Crippen molar-refractivity contribution in [2.24, 2.45) is 18.4 Å². The molecule has 2 aromatic heterocycles. The van der Waals surface area contributed by atoms with Crippen LogP contribution >= 0.6 is 0 Å². The van der Waals surface area contributed by atoms with Crippen molar-refractivity contribution in [3.63, 3.8) is 0 Å². The van der Waals surface area contributed by atoms with Gasteiger partial charge in [0.2, 0.25) is 5.95 Å². The van der Waals surface area contributed by atoms with Crippen LogP contribution in [-0.2, 0) is 13.6 Å². The number of benzene rings is 1. The summed E-state index contributed by atoms with van der Waals surface area (Å²) in [6.07, 6.45) is 7.49. The number of carbonyl (C=O) groups is 1. The fourth-order valence-corrected chi connectivity index (χ4v) is 4.48. The molecular formula is C28H45N7O. The van der Waals surface area contributed by atoms with Gasteiger partial charge in [0, 0.05) is 47.5 Å². The second-order valence-electron chi connectivity index (χ2n) is 10.2. The van der Waals surface area contributed by atoms with E-state index in [9.17, 15) is 4.79 Å². The van der Waals surface area contributed by atoms with Gasteiger partial charge in [-0.05, 0) is 54.4 Å². The van der Waals surface area contributed by atoms with Crippen molar-refractivity contribution in [2.45, 2.75) is 60.9 Å². The van der Waals surface area contributed by atoms with Gasteiger partial charge in [-0.3, -0.25) is 4.68 Å². The van der Waals surface area contributed by atoms with Gasteiger partial charge >= 0.3 is 6.03 Å². The fourth-order valence-electron chi connectivity index (χ4n) is 4.48. The van der Waals surface area contributed by atoms with E-state index < -0.39 is 0 Å². The van der Waals surface area contributed by atoms with Crippen LogP contribution in [0.25, 0.3) is 11.3 Å². The first-order valence-corrected chi connectivity index (χ1v) is 12.9. The van der Waals surface area contributed by atoms with E-state index in [0.717, 1.165) is 54.0 Å². The number of hydrogen-bond acceptors (Lipinski definition) is 5. The maximum Gasteiger partial charge on any atom is 0.317 e. The molecule has 8 nitrogen and oxygen atoms in total. The Labute approximate surface area is 218 Å². The first kappa shape index (κ1) is 27.2. The number of anilines is 2. The largest absolute Gasteiger partial charge is 0.334 e. The van der Waals surface area contributed by atoms with Crippen LogP contribution < -0.4 is 10.6 Å². The molecule has 36 heavy (non-hydrogen) atoms. The Morgan fingerprint density at radius 3 is 2.50 bits per heavy atom. The lowest BCUT2D eigenvalue weighted by Crippen LogP contribution is -2.45. The number of amides is 2. The molecule has 1 fully saturated rings. The summed E-state index contributed by atoms with van der Waals surface area (Å²) in [5.74, 6) is 1.20. The van der Waals surface area contributed by atoms with Crippen molar-refractivity contribution in [3.05, 3.63) is 54.0 Å². The predicted octanol–water partition coefficient (Wildman–Crippen LogP) is 6.42. The topological polar surface area (TPSA) is 88.0 Å². The van der Waals surface area contributed by atoms with Crippen molar-refractivity contribution in [1.29, 1.82) is 0 Å². The van der Waals surface area contributed by atoms with Crippen molar-refractivity contribution in [2.75, 3.05) is 18.4 Å². The standard InChI is InChI=1S/C26H35N7O.C2H6.2H2/c1-18-14-19(23-8-11-27-24(31-23)30-22-16-29-32(5)17-22)6-7-20(18)15-28-25(34)33-12-9-21(10-13-33)26(2,3)4;1-2;;/h6-8,11,14,16-17,21H,9-10,12-13,15H2,1-5H3,(H,28,34)(H,27,30,31);1-2H3;2*1H. The zero-order valence-electron chi connectivity index (χ0n) is 22.8. The highest BCUT2D eigenvalue weighted by molar-refractivity contribution is 5.74. The normalized spacial score (nSPS) is 14.1. The summed E-state index contributed by atoms with van der Waals surface area (Å²) in [6.45, 7) is 15.1. The summed E-state index contributed by atoms with van der Waals surface area (Å²) in [6, 6.07) is 8.13. The quantitative estimate of drug-likeness (QED) is 0.427. The van der Waals surface area contributed by atoms with E-state index in [0.29, 0.717) is 23.8 Å². The van der Waals surface area contributed by atoms with Crippen LogP contribution in [0.4, 0.5) is 16.4 Å². The number of rotatable bonds is 5. The molecule has 8 heteroatoms. The molecule has 1 aromatic carbocycles. The zero-order valence-corrected chi connectivity index (χ0v) is 22.8. The Balaban J connectivity index is 0.00000176. The molecule has 2 N–H and O–H groups in total. The number of nitrogens with one attached hydrogen (secondary N) is 2. The molecule has 1 saturated heterocycles. The highest BCUT2D eigenvalue weighted by atomic mass is 16.2. The molecule has 0 bridgehead atoms. The molecule has 1 aliphatic heterocycles. The third-order valence-electron chi connectivity index (χ3n) is 6.69. The van der Waals surface area contributed by atoms with Gasteiger partial charge in [0.25, 0.3) is 0 Å². The summed E-state index contributed by atoms with van der Waals surface area (Å²) in [4.78, 5) is 23.6. The summed E-state index contributed by atoms with van der Waals surface area (Å²) < 4.78 is 1.72. The van der Waals surface area contributed by atoms with E-state index in [2.05, 4.69) is 65.5 Å². The van der Waals surface area contributed by atoms with Gasteiger partial charge in [0.15, 0.2) is 0 Å². The summed E-state index contributed by atoms with van der Waals surface area (Å²) in [7, 11) is 1.87. The van der Waals surface area contributed by atoms with E-state index in [1.807, 2.05) is 44.1 Å². The zero-order chi connectivity index (χ0) is 26.3. The Hall–Kier alpha value is -3.42. The highest BCUT2D eigenvalue weighted by Gasteiger charge is 2.30. The van der Waals surface area contributed by atoms with E-state index in [4.69, 9.17) is 0 Å². The van der Waals surface area contributed by atoms with Gasteiger partial charge in [-0.25, -0.2) is 14.8 Å². The van der Waals surface area contributed by atoms with Crippen LogP contribution in [0, 0.1) is 18.3 Å². The fraction of sp³-hybridized carbons (Fsp3) is 0.500. The van der Waals surface area contributed by atoms with Crippen LogP contribution in [0.3, 0.4) is 0 Å². The van der Waals surface area contributed by atoms with Crippen LogP contribution in [0.5, 0.6) is 0 Å². The highest BCUT2D eigenvalue weighted by Crippen LogP contribution is 2.34. The van der Waals surface area contributed by atoms with Crippen molar-refractivity contribution < 1.29 is 7.65 Å². The number of piperidine rings is 1. The molecular weight excluding hydrogens is 450 g/mol. The van der Waals surface area contributed by atoms with Crippen LogP contribution in [-0.4, -0.2) is 43.8 Å². The number of carbonyl (C=O) groups excluding carboxylic acids is 1. The molecule has 0 unspecified atom stereocenters. The predicted molar refractivity (Wildman–Crippen MR) is 150 cm³/mol. The maximum atomic E-state index is 12.7. The lowest BCUT2D eigenvalue weighted by atomic mass is 9.75. The Morgan fingerprint density at radius 2 is 1.89 bits per heavy atom. The molecule has 3 aromatic rings. The van der Waals surface area contributed by atoms with Crippen molar-refractivity contribution in [3.8, 4) is 11.3 Å². The Kier molecular flexibility index (Phi) is 9.07. The van der Waals surface area contributed by atoms with Gasteiger partial charge in [-0.1, -0.05) is 46.8 Å². The third-order valence-corrected chi connectivity index (χ3v) is 6.69. The Bertz CT molecular complexity index is 1150. The molecule has 3 heterocycles. The average Bonchev–Trinajstić information content (AvgIpc) is 3.28. The number of aromatic nitrogens is 4.